The van der Waals surface area contributed by atoms with Gasteiger partial charge in [-0.2, -0.15) is 8.42 Å². The maximum atomic E-state index is 11.6. The maximum Gasteiger partial charge on any atom is 0.264 e. The fourth-order valence-electron chi connectivity index (χ4n) is 2.74. The van der Waals surface area contributed by atoms with Crippen LogP contribution in [0.3, 0.4) is 0 Å². The van der Waals surface area contributed by atoms with Gasteiger partial charge in [-0.1, -0.05) is 32.0 Å². The maximum absolute atomic E-state index is 11.6. The van der Waals surface area contributed by atoms with E-state index in [9.17, 15) is 8.42 Å². The van der Waals surface area contributed by atoms with Gasteiger partial charge in [0.25, 0.3) is 15.9 Å². The molecule has 1 aliphatic heterocycles. The Kier molecular flexibility index (Phi) is 4.24. The summed E-state index contributed by atoms with van der Waals surface area (Å²) in [6.45, 7) is 6.41. The van der Waals surface area contributed by atoms with Crippen molar-refractivity contribution in [3.8, 4) is 0 Å². The van der Waals surface area contributed by atoms with Gasteiger partial charge in [-0.25, -0.2) is 0 Å². The lowest BCUT2D eigenvalue weighted by atomic mass is 9.93. The van der Waals surface area contributed by atoms with E-state index in [-0.39, 0.29) is 5.41 Å². The highest BCUT2D eigenvalue weighted by Crippen LogP contribution is 2.42. The van der Waals surface area contributed by atoms with Crippen LogP contribution in [0, 0.1) is 5.41 Å². The Morgan fingerprint density at radius 2 is 1.79 bits per heavy atom. The van der Waals surface area contributed by atoms with Crippen LogP contribution >= 0.6 is 0 Å². The molecule has 1 aromatic carbocycles. The second kappa shape index (κ2) is 5.84. The summed E-state index contributed by atoms with van der Waals surface area (Å²) in [5, 5.41) is 0.885. The highest BCUT2D eigenvalue weighted by Gasteiger charge is 2.51. The number of rotatable bonds is 4. The first kappa shape index (κ1) is 17.4. The Bertz CT molecular complexity index is 793. The molecule has 0 amide bonds. The monoisotopic (exact) mass is 354 g/mol. The molecule has 0 aliphatic carbocycles. The van der Waals surface area contributed by atoms with E-state index in [4.69, 9.17) is 18.1 Å². The van der Waals surface area contributed by atoms with Gasteiger partial charge >= 0.3 is 0 Å². The van der Waals surface area contributed by atoms with E-state index in [1.54, 1.807) is 13.0 Å². The van der Waals surface area contributed by atoms with Crippen molar-refractivity contribution in [1.29, 1.82) is 0 Å². The molecule has 3 rings (SSSR count). The van der Waals surface area contributed by atoms with Gasteiger partial charge in [0, 0.05) is 10.8 Å². The topological polar surface area (TPSA) is 75.0 Å². The summed E-state index contributed by atoms with van der Waals surface area (Å²) in [4.78, 5) is 0. The van der Waals surface area contributed by atoms with Crippen molar-refractivity contribution in [3.63, 3.8) is 0 Å². The smallest absolute Gasteiger partial charge is 0.264 e. The molecule has 0 spiro atoms. The number of ether oxygens (including phenoxy) is 2. The van der Waals surface area contributed by atoms with Crippen LogP contribution in [0.15, 0.2) is 34.7 Å². The van der Waals surface area contributed by atoms with Crippen LogP contribution < -0.4 is 0 Å². The summed E-state index contributed by atoms with van der Waals surface area (Å²) in [5.41, 5.74) is 0.496. The third kappa shape index (κ3) is 3.35. The normalized spacial score (nSPS) is 21.7. The molecule has 6 nitrogen and oxygen atoms in total. The Balaban J connectivity index is 2.04. The Morgan fingerprint density at radius 3 is 2.38 bits per heavy atom. The zero-order valence-corrected chi connectivity index (χ0v) is 15.1. The summed E-state index contributed by atoms with van der Waals surface area (Å²) in [7, 11) is -3.68. The summed E-state index contributed by atoms with van der Waals surface area (Å²) in [5.74, 6) is -1.01. The van der Waals surface area contributed by atoms with Gasteiger partial charge in [0.15, 0.2) is 5.76 Å². The molecule has 0 saturated carbocycles. The molecule has 0 radical (unpaired) electrons. The van der Waals surface area contributed by atoms with Gasteiger partial charge in [0.1, 0.15) is 11.7 Å². The second-order valence-corrected chi connectivity index (χ2v) is 8.60. The fraction of sp³-hybridized carbons (Fsp3) is 0.529. The number of benzene rings is 1. The minimum absolute atomic E-state index is 0.180. The molecular formula is C17H22O6S. The molecule has 1 saturated heterocycles. The van der Waals surface area contributed by atoms with Gasteiger partial charge in [-0.05, 0) is 19.1 Å². The van der Waals surface area contributed by atoms with E-state index in [0.717, 1.165) is 11.6 Å². The highest BCUT2D eigenvalue weighted by molar-refractivity contribution is 7.86. The van der Waals surface area contributed by atoms with Crippen molar-refractivity contribution >= 4 is 21.1 Å². The Hall–Kier alpha value is -1.41. The molecule has 0 N–H and O–H groups in total. The quantitative estimate of drug-likeness (QED) is 0.786. The van der Waals surface area contributed by atoms with Crippen LogP contribution in [-0.2, 0) is 29.6 Å². The van der Waals surface area contributed by atoms with Crippen molar-refractivity contribution in [2.45, 2.75) is 32.7 Å². The molecular weight excluding hydrogens is 332 g/mol. The molecule has 0 bridgehead atoms. The van der Waals surface area contributed by atoms with Crippen LogP contribution in [0.5, 0.6) is 0 Å². The molecule has 1 aromatic heterocycles. The zero-order valence-electron chi connectivity index (χ0n) is 14.2. The van der Waals surface area contributed by atoms with Crippen LogP contribution in [-0.4, -0.2) is 34.0 Å². The molecule has 24 heavy (non-hydrogen) atoms. The minimum atomic E-state index is -3.68. The first-order valence-corrected chi connectivity index (χ1v) is 9.58. The summed E-state index contributed by atoms with van der Waals surface area (Å²) >= 11 is 0. The van der Waals surface area contributed by atoms with E-state index < -0.39 is 22.0 Å². The van der Waals surface area contributed by atoms with Crippen molar-refractivity contribution in [2.24, 2.45) is 5.41 Å². The molecule has 2 heterocycles. The van der Waals surface area contributed by atoms with Gasteiger partial charge in [0.05, 0.1) is 19.5 Å². The first-order chi connectivity index (χ1) is 11.1. The van der Waals surface area contributed by atoms with Gasteiger partial charge in [0.2, 0.25) is 0 Å². The lowest BCUT2D eigenvalue weighted by Crippen LogP contribution is -2.52. The number of hydrogen-bond donors (Lipinski definition) is 0. The van der Waals surface area contributed by atoms with Crippen molar-refractivity contribution in [2.75, 3.05) is 19.5 Å². The average molecular weight is 354 g/mol. The highest BCUT2D eigenvalue weighted by atomic mass is 32.2. The largest absolute Gasteiger partial charge is 0.455 e. The first-order valence-electron chi connectivity index (χ1n) is 7.77. The molecule has 1 fully saturated rings. The van der Waals surface area contributed by atoms with Crippen molar-refractivity contribution < 1.29 is 26.5 Å². The SMILES string of the molecule is C[C@@H](OS(C)(=O)=O)C1(c2cc3ccccc3o2)OCC(C)(C)CO1. The summed E-state index contributed by atoms with van der Waals surface area (Å²) in [6, 6.07) is 9.31. The number of furan rings is 1. The van der Waals surface area contributed by atoms with E-state index in [1.807, 2.05) is 38.1 Å². The zero-order chi connectivity index (χ0) is 17.6. The van der Waals surface area contributed by atoms with Crippen molar-refractivity contribution in [1.82, 2.24) is 0 Å². The lowest BCUT2D eigenvalue weighted by molar-refractivity contribution is -0.342. The van der Waals surface area contributed by atoms with E-state index in [0.29, 0.717) is 24.6 Å². The van der Waals surface area contributed by atoms with Crippen molar-refractivity contribution in [3.05, 3.63) is 36.1 Å². The van der Waals surface area contributed by atoms with Crippen LogP contribution in [0.1, 0.15) is 26.5 Å². The van der Waals surface area contributed by atoms with Gasteiger partial charge in [-0.15, -0.1) is 0 Å². The van der Waals surface area contributed by atoms with Crippen LogP contribution in [0.25, 0.3) is 11.0 Å². The van der Waals surface area contributed by atoms with E-state index >= 15 is 0 Å². The molecule has 2 aromatic rings. The number of fused-ring (bicyclic) bond motifs is 1. The Labute approximate surface area is 141 Å². The fourth-order valence-corrected chi connectivity index (χ4v) is 3.40. The van der Waals surface area contributed by atoms with Crippen LogP contribution in [0.4, 0.5) is 0 Å². The predicted molar refractivity (Wildman–Crippen MR) is 89.0 cm³/mol. The van der Waals surface area contributed by atoms with E-state index in [2.05, 4.69) is 0 Å². The minimum Gasteiger partial charge on any atom is -0.455 e. The predicted octanol–water partition coefficient (Wildman–Crippen LogP) is 3.02. The standard InChI is InChI=1S/C17H22O6S/c1-12(23-24(4,18)19)17(20-10-16(2,3)11-21-17)15-9-13-7-5-6-8-14(13)22-15/h5-9,12H,10-11H2,1-4H3/t12-/m1/s1. The van der Waals surface area contributed by atoms with Crippen LogP contribution in [0.2, 0.25) is 0 Å². The second-order valence-electron chi connectivity index (χ2n) is 7.00. The number of hydrogen-bond acceptors (Lipinski definition) is 6. The molecule has 0 unspecified atom stereocenters. The average Bonchev–Trinajstić information content (AvgIpc) is 2.90. The summed E-state index contributed by atoms with van der Waals surface area (Å²) < 4.78 is 46.2. The van der Waals surface area contributed by atoms with Gasteiger partial charge < -0.3 is 13.9 Å². The third-order valence-electron chi connectivity index (χ3n) is 3.98. The van der Waals surface area contributed by atoms with E-state index in [1.165, 1.54) is 0 Å². The Morgan fingerprint density at radius 1 is 1.17 bits per heavy atom. The molecule has 132 valence electrons. The number of para-hydroxylation sites is 1. The molecule has 1 aliphatic rings. The summed E-state index contributed by atoms with van der Waals surface area (Å²) in [6.07, 6.45) is 0.104. The van der Waals surface area contributed by atoms with Gasteiger partial charge in [-0.3, -0.25) is 4.18 Å². The lowest BCUT2D eigenvalue weighted by Gasteiger charge is -2.44. The molecule has 7 heteroatoms. The third-order valence-corrected chi connectivity index (χ3v) is 4.62. The molecule has 1 atom stereocenters.